The number of carbonyl (C=O) groups is 2. The minimum absolute atomic E-state index is 0.0568. The average Bonchev–Trinajstić information content (AvgIpc) is 3.07. The number of rotatable bonds is 7. The number of benzene rings is 1. The summed E-state index contributed by atoms with van der Waals surface area (Å²) in [6.45, 7) is 0.449. The second-order valence-corrected chi connectivity index (χ2v) is 6.72. The highest BCUT2D eigenvalue weighted by molar-refractivity contribution is 6.30. The van der Waals surface area contributed by atoms with E-state index in [2.05, 4.69) is 10.4 Å². The first-order chi connectivity index (χ1) is 13.4. The maximum absolute atomic E-state index is 13.1. The molecule has 1 aliphatic heterocycles. The second kappa shape index (κ2) is 8.47. The molecule has 2 heterocycles. The standard InChI is InChI=1S/C18H20ClFN4O4/c1-27-15-6-11(18(26)23-9-13(20)10-23)5-14(17(15)28-2)22-16(25)3-4-24-8-12(19)7-21-24/h5-8,13H,3-4,9-10H2,1-2H3,(H,22,25). The van der Waals surface area contributed by atoms with Gasteiger partial charge in [0, 0.05) is 24.7 Å². The monoisotopic (exact) mass is 410 g/mol. The Bertz CT molecular complexity index is 882. The van der Waals surface area contributed by atoms with Gasteiger partial charge in [0.2, 0.25) is 5.91 Å². The lowest BCUT2D eigenvalue weighted by molar-refractivity contribution is -0.116. The Balaban J connectivity index is 1.76. The Hall–Kier alpha value is -2.81. The Kier molecular flexibility index (Phi) is 6.03. The Morgan fingerprint density at radius 3 is 2.64 bits per heavy atom. The molecule has 1 saturated heterocycles. The second-order valence-electron chi connectivity index (χ2n) is 6.29. The number of halogens is 2. The number of aromatic nitrogens is 2. The molecule has 2 aromatic rings. The SMILES string of the molecule is COc1cc(C(=O)N2CC(F)C2)cc(NC(=O)CCn2cc(Cl)cn2)c1OC. The molecule has 0 radical (unpaired) electrons. The first-order valence-electron chi connectivity index (χ1n) is 8.58. The van der Waals surface area contributed by atoms with Crippen molar-refractivity contribution in [1.82, 2.24) is 14.7 Å². The third-order valence-electron chi connectivity index (χ3n) is 4.29. The van der Waals surface area contributed by atoms with Crippen molar-refractivity contribution in [1.29, 1.82) is 0 Å². The number of hydrogen-bond acceptors (Lipinski definition) is 5. The molecule has 0 bridgehead atoms. The lowest BCUT2D eigenvalue weighted by Gasteiger charge is -2.34. The molecule has 28 heavy (non-hydrogen) atoms. The molecule has 1 aromatic carbocycles. The highest BCUT2D eigenvalue weighted by Crippen LogP contribution is 2.37. The Morgan fingerprint density at radius 2 is 2.07 bits per heavy atom. The molecule has 3 rings (SSSR count). The third kappa shape index (κ3) is 4.36. The summed E-state index contributed by atoms with van der Waals surface area (Å²) in [7, 11) is 2.87. The summed E-state index contributed by atoms with van der Waals surface area (Å²) in [6.07, 6.45) is 2.24. The zero-order valence-electron chi connectivity index (χ0n) is 15.4. The van der Waals surface area contributed by atoms with Crippen molar-refractivity contribution in [3.63, 3.8) is 0 Å². The summed E-state index contributed by atoms with van der Waals surface area (Å²) >= 11 is 5.80. The molecule has 150 valence electrons. The van der Waals surface area contributed by atoms with E-state index < -0.39 is 6.17 Å². The molecular formula is C18H20ClFN4O4. The van der Waals surface area contributed by atoms with Crippen molar-refractivity contribution >= 4 is 29.1 Å². The van der Waals surface area contributed by atoms with Crippen LogP contribution in [0.5, 0.6) is 11.5 Å². The van der Waals surface area contributed by atoms with E-state index >= 15 is 0 Å². The Morgan fingerprint density at radius 1 is 1.32 bits per heavy atom. The fourth-order valence-corrected chi connectivity index (χ4v) is 3.00. The van der Waals surface area contributed by atoms with E-state index in [1.54, 1.807) is 10.9 Å². The Labute approximate surface area is 166 Å². The van der Waals surface area contributed by atoms with E-state index in [0.29, 0.717) is 28.8 Å². The fraction of sp³-hybridized carbons (Fsp3) is 0.389. The molecule has 2 amide bonds. The summed E-state index contributed by atoms with van der Waals surface area (Å²) in [5.41, 5.74) is 0.574. The largest absolute Gasteiger partial charge is 0.493 e. The van der Waals surface area contributed by atoms with Crippen molar-refractivity contribution < 1.29 is 23.5 Å². The predicted octanol–water partition coefficient (Wildman–Crippen LogP) is 2.38. The zero-order valence-corrected chi connectivity index (χ0v) is 16.2. The molecule has 8 nitrogen and oxygen atoms in total. The van der Waals surface area contributed by atoms with Crippen LogP contribution in [0.25, 0.3) is 0 Å². The number of alkyl halides is 1. The summed E-state index contributed by atoms with van der Waals surface area (Å²) < 4.78 is 25.2. The summed E-state index contributed by atoms with van der Waals surface area (Å²) in [4.78, 5) is 26.3. The van der Waals surface area contributed by atoms with Gasteiger partial charge in [-0.1, -0.05) is 11.6 Å². The molecule has 0 aliphatic carbocycles. The molecule has 1 N–H and O–H groups in total. The molecule has 0 atom stereocenters. The third-order valence-corrected chi connectivity index (χ3v) is 4.49. The smallest absolute Gasteiger partial charge is 0.254 e. The number of likely N-dealkylation sites (tertiary alicyclic amines) is 1. The molecule has 1 fully saturated rings. The number of hydrogen-bond donors (Lipinski definition) is 1. The van der Waals surface area contributed by atoms with Crippen LogP contribution >= 0.6 is 11.6 Å². The molecule has 0 unspecified atom stereocenters. The number of nitrogens with one attached hydrogen (secondary N) is 1. The van der Waals surface area contributed by atoms with Gasteiger partial charge >= 0.3 is 0 Å². The molecule has 0 saturated carbocycles. The molecule has 1 aromatic heterocycles. The van der Waals surface area contributed by atoms with Crippen molar-refractivity contribution in [2.45, 2.75) is 19.1 Å². The van der Waals surface area contributed by atoms with Gasteiger partial charge in [0.15, 0.2) is 11.5 Å². The number of carbonyl (C=O) groups excluding carboxylic acids is 2. The minimum Gasteiger partial charge on any atom is -0.493 e. The van der Waals surface area contributed by atoms with E-state index in [4.69, 9.17) is 21.1 Å². The van der Waals surface area contributed by atoms with Crippen LogP contribution in [0.15, 0.2) is 24.5 Å². The van der Waals surface area contributed by atoms with Crippen LogP contribution < -0.4 is 14.8 Å². The van der Waals surface area contributed by atoms with E-state index in [1.807, 2.05) is 0 Å². The van der Waals surface area contributed by atoms with Gasteiger partial charge in [0.05, 0.1) is 44.2 Å². The quantitative estimate of drug-likeness (QED) is 0.757. The highest BCUT2D eigenvalue weighted by atomic mass is 35.5. The maximum atomic E-state index is 13.1. The van der Waals surface area contributed by atoms with Crippen LogP contribution in [-0.4, -0.2) is 60.0 Å². The number of aryl methyl sites for hydroxylation is 1. The van der Waals surface area contributed by atoms with E-state index in [1.165, 1.54) is 37.4 Å². The van der Waals surface area contributed by atoms with Crippen LogP contribution in [0.1, 0.15) is 16.8 Å². The fourth-order valence-electron chi connectivity index (χ4n) is 2.84. The van der Waals surface area contributed by atoms with Crippen molar-refractivity contribution in [3.8, 4) is 11.5 Å². The van der Waals surface area contributed by atoms with Crippen LogP contribution in [0, 0.1) is 0 Å². The van der Waals surface area contributed by atoms with Crippen molar-refractivity contribution in [3.05, 3.63) is 35.1 Å². The lowest BCUT2D eigenvalue weighted by Crippen LogP contribution is -2.51. The van der Waals surface area contributed by atoms with Gasteiger partial charge in [-0.3, -0.25) is 14.3 Å². The highest BCUT2D eigenvalue weighted by Gasteiger charge is 2.32. The number of ether oxygens (including phenoxy) is 2. The minimum atomic E-state index is -1.00. The zero-order chi connectivity index (χ0) is 20.3. The van der Waals surface area contributed by atoms with Gasteiger partial charge in [-0.2, -0.15) is 5.10 Å². The van der Waals surface area contributed by atoms with E-state index in [-0.39, 0.29) is 36.9 Å². The van der Waals surface area contributed by atoms with Crippen molar-refractivity contribution in [2.75, 3.05) is 32.6 Å². The first kappa shape index (κ1) is 19.9. The van der Waals surface area contributed by atoms with E-state index in [0.717, 1.165) is 0 Å². The summed E-state index contributed by atoms with van der Waals surface area (Å²) in [5.74, 6) is -0.0535. The van der Waals surface area contributed by atoms with Gasteiger partial charge in [0.1, 0.15) is 6.17 Å². The molecular weight excluding hydrogens is 391 g/mol. The summed E-state index contributed by atoms with van der Waals surface area (Å²) in [5, 5.41) is 7.23. The number of methoxy groups -OCH3 is 2. The van der Waals surface area contributed by atoms with Gasteiger partial charge in [-0.25, -0.2) is 4.39 Å². The van der Waals surface area contributed by atoms with Crippen molar-refractivity contribution in [2.24, 2.45) is 0 Å². The topological polar surface area (TPSA) is 85.7 Å². The van der Waals surface area contributed by atoms with Crippen LogP contribution in [0.4, 0.5) is 10.1 Å². The maximum Gasteiger partial charge on any atom is 0.254 e. The number of nitrogens with zero attached hydrogens (tertiary/aromatic N) is 3. The van der Waals surface area contributed by atoms with Crippen LogP contribution in [-0.2, 0) is 11.3 Å². The number of amides is 2. The van der Waals surface area contributed by atoms with Gasteiger partial charge in [0.25, 0.3) is 5.91 Å². The normalized spacial score (nSPS) is 13.8. The van der Waals surface area contributed by atoms with Gasteiger partial charge in [-0.15, -0.1) is 0 Å². The average molecular weight is 411 g/mol. The van der Waals surface area contributed by atoms with Gasteiger partial charge in [-0.05, 0) is 12.1 Å². The van der Waals surface area contributed by atoms with E-state index in [9.17, 15) is 14.0 Å². The summed E-state index contributed by atoms with van der Waals surface area (Å²) in [6, 6.07) is 3.01. The van der Waals surface area contributed by atoms with Crippen LogP contribution in [0.2, 0.25) is 5.02 Å². The van der Waals surface area contributed by atoms with Gasteiger partial charge < -0.3 is 19.7 Å². The number of anilines is 1. The molecule has 10 heteroatoms. The first-order valence-corrected chi connectivity index (χ1v) is 8.96. The predicted molar refractivity (Wildman–Crippen MR) is 101 cm³/mol. The van der Waals surface area contributed by atoms with Crippen LogP contribution in [0.3, 0.4) is 0 Å². The molecule has 0 spiro atoms. The molecule has 1 aliphatic rings. The lowest BCUT2D eigenvalue weighted by atomic mass is 10.1.